The highest BCUT2D eigenvalue weighted by atomic mass is 32.1. The van der Waals surface area contributed by atoms with Crippen LogP contribution in [0.3, 0.4) is 0 Å². The van der Waals surface area contributed by atoms with E-state index in [1.54, 1.807) is 19.3 Å². The summed E-state index contributed by atoms with van der Waals surface area (Å²) in [6.07, 6.45) is 3.51. The number of para-hydroxylation sites is 1. The zero-order valence-corrected chi connectivity index (χ0v) is 19.3. The zero-order chi connectivity index (χ0) is 23.2. The molecule has 0 saturated carbocycles. The third-order valence-electron chi connectivity index (χ3n) is 5.34. The number of allylic oxidation sites excluding steroid dienone is 1. The number of hydrogen-bond acceptors (Lipinski definition) is 5. The molecule has 168 valence electrons. The fourth-order valence-corrected chi connectivity index (χ4v) is 4.12. The number of benzene rings is 2. The highest BCUT2D eigenvalue weighted by Gasteiger charge is 2.35. The van der Waals surface area contributed by atoms with E-state index in [0.717, 1.165) is 28.3 Å². The number of ether oxygens (including phenoxy) is 2. The first-order valence-corrected chi connectivity index (χ1v) is 11.1. The van der Waals surface area contributed by atoms with Crippen molar-refractivity contribution >= 4 is 29.0 Å². The number of carbonyl (C=O) groups is 1. The van der Waals surface area contributed by atoms with Gasteiger partial charge in [-0.25, -0.2) is 4.79 Å². The Hall–Kier alpha value is -3.71. The standard InChI is InChI=1S/C26H25N3O3S/c1-3-31-25(30)23-18(2)29(21-9-5-4-6-10-21)26(33)28-24(23)20-11-13-22(14-12-20)32-17-19-8-7-15-27-16-19/h4-16,24H,3,17H2,1-2H3,(H,28,33). The zero-order valence-electron chi connectivity index (χ0n) is 18.5. The van der Waals surface area contributed by atoms with E-state index in [0.29, 0.717) is 23.9 Å². The average Bonchev–Trinajstić information content (AvgIpc) is 2.84. The van der Waals surface area contributed by atoms with E-state index in [-0.39, 0.29) is 5.97 Å². The number of nitrogens with zero attached hydrogens (tertiary/aromatic N) is 2. The average molecular weight is 460 g/mol. The third-order valence-corrected chi connectivity index (χ3v) is 5.64. The van der Waals surface area contributed by atoms with Gasteiger partial charge in [0.15, 0.2) is 5.11 Å². The van der Waals surface area contributed by atoms with E-state index < -0.39 is 6.04 Å². The summed E-state index contributed by atoms with van der Waals surface area (Å²) in [5, 5.41) is 3.85. The lowest BCUT2D eigenvalue weighted by molar-refractivity contribution is -0.139. The Morgan fingerprint density at radius 3 is 2.52 bits per heavy atom. The van der Waals surface area contributed by atoms with Gasteiger partial charge in [-0.15, -0.1) is 0 Å². The lowest BCUT2D eigenvalue weighted by Crippen LogP contribution is -2.48. The minimum atomic E-state index is -0.427. The molecular formula is C26H25N3O3S. The second-order valence-electron chi connectivity index (χ2n) is 7.49. The fourth-order valence-electron chi connectivity index (χ4n) is 3.76. The van der Waals surface area contributed by atoms with Crippen molar-refractivity contribution in [2.45, 2.75) is 26.5 Å². The summed E-state index contributed by atoms with van der Waals surface area (Å²) in [6.45, 7) is 4.41. The number of aromatic nitrogens is 1. The number of rotatable bonds is 7. The minimum Gasteiger partial charge on any atom is -0.489 e. The summed E-state index contributed by atoms with van der Waals surface area (Å²) in [4.78, 5) is 18.9. The smallest absolute Gasteiger partial charge is 0.338 e. The molecule has 0 amide bonds. The summed E-state index contributed by atoms with van der Waals surface area (Å²) in [7, 11) is 0. The van der Waals surface area contributed by atoms with E-state index in [4.69, 9.17) is 21.7 Å². The first-order valence-electron chi connectivity index (χ1n) is 10.7. The molecule has 1 aromatic heterocycles. The molecule has 2 aromatic carbocycles. The quantitative estimate of drug-likeness (QED) is 0.397. The van der Waals surface area contributed by atoms with Crippen LogP contribution in [0.1, 0.15) is 31.0 Å². The lowest BCUT2D eigenvalue weighted by atomic mass is 9.94. The maximum atomic E-state index is 13.0. The Balaban J connectivity index is 1.62. The molecule has 0 radical (unpaired) electrons. The topological polar surface area (TPSA) is 63.7 Å². The highest BCUT2D eigenvalue weighted by Crippen LogP contribution is 2.34. The second kappa shape index (κ2) is 10.3. The molecule has 0 fully saturated rings. The van der Waals surface area contributed by atoms with Crippen molar-refractivity contribution < 1.29 is 14.3 Å². The number of nitrogens with one attached hydrogen (secondary N) is 1. The van der Waals surface area contributed by atoms with Crippen LogP contribution in [0.5, 0.6) is 5.75 Å². The molecule has 3 aromatic rings. The molecule has 1 unspecified atom stereocenters. The first-order chi connectivity index (χ1) is 16.1. The van der Waals surface area contributed by atoms with Crippen molar-refractivity contribution in [3.8, 4) is 5.75 Å². The van der Waals surface area contributed by atoms with E-state index >= 15 is 0 Å². The Bertz CT molecular complexity index is 1150. The largest absolute Gasteiger partial charge is 0.489 e. The van der Waals surface area contributed by atoms with Crippen molar-refractivity contribution in [3.05, 3.63) is 102 Å². The van der Waals surface area contributed by atoms with Crippen LogP contribution in [0.4, 0.5) is 5.69 Å². The van der Waals surface area contributed by atoms with Crippen LogP contribution in [0, 0.1) is 0 Å². The highest BCUT2D eigenvalue weighted by molar-refractivity contribution is 7.80. The summed E-state index contributed by atoms with van der Waals surface area (Å²) in [5.41, 5.74) is 4.03. The van der Waals surface area contributed by atoms with E-state index in [1.165, 1.54) is 0 Å². The van der Waals surface area contributed by atoms with E-state index in [1.807, 2.05) is 78.6 Å². The van der Waals surface area contributed by atoms with Gasteiger partial charge >= 0.3 is 5.97 Å². The molecule has 1 aliphatic rings. The van der Waals surface area contributed by atoms with Gasteiger partial charge in [-0.1, -0.05) is 36.4 Å². The number of esters is 1. The van der Waals surface area contributed by atoms with Crippen LogP contribution >= 0.6 is 12.2 Å². The molecule has 0 saturated heterocycles. The normalized spacial score (nSPS) is 15.8. The molecule has 1 atom stereocenters. The second-order valence-corrected chi connectivity index (χ2v) is 7.88. The summed E-state index contributed by atoms with van der Waals surface area (Å²) < 4.78 is 11.3. The number of hydrogen-bond donors (Lipinski definition) is 1. The van der Waals surface area contributed by atoms with Gasteiger partial charge in [-0.05, 0) is 62.0 Å². The van der Waals surface area contributed by atoms with Crippen molar-refractivity contribution in [1.29, 1.82) is 0 Å². The molecule has 0 bridgehead atoms. The van der Waals surface area contributed by atoms with Gasteiger partial charge in [-0.3, -0.25) is 9.88 Å². The summed E-state index contributed by atoms with van der Waals surface area (Å²) >= 11 is 5.69. The maximum Gasteiger partial charge on any atom is 0.338 e. The number of thiocarbonyl (C=S) groups is 1. The van der Waals surface area contributed by atoms with Crippen molar-refractivity contribution in [2.24, 2.45) is 0 Å². The van der Waals surface area contributed by atoms with Gasteiger partial charge in [0.1, 0.15) is 12.4 Å². The lowest BCUT2D eigenvalue weighted by Gasteiger charge is -2.37. The van der Waals surface area contributed by atoms with Gasteiger partial charge in [-0.2, -0.15) is 0 Å². The van der Waals surface area contributed by atoms with Crippen molar-refractivity contribution in [2.75, 3.05) is 11.5 Å². The third kappa shape index (κ3) is 5.04. The van der Waals surface area contributed by atoms with Crippen LogP contribution in [-0.4, -0.2) is 22.7 Å². The Morgan fingerprint density at radius 2 is 1.85 bits per heavy atom. The van der Waals surface area contributed by atoms with Crippen LogP contribution in [0.15, 0.2) is 90.4 Å². The van der Waals surface area contributed by atoms with Crippen LogP contribution in [0.2, 0.25) is 0 Å². The molecule has 4 rings (SSSR count). The van der Waals surface area contributed by atoms with Gasteiger partial charge in [0.25, 0.3) is 0 Å². The number of anilines is 1. The summed E-state index contributed by atoms with van der Waals surface area (Å²) in [6, 6.07) is 20.8. The van der Waals surface area contributed by atoms with Crippen molar-refractivity contribution in [1.82, 2.24) is 10.3 Å². The van der Waals surface area contributed by atoms with Crippen LogP contribution < -0.4 is 15.0 Å². The summed E-state index contributed by atoms with van der Waals surface area (Å²) in [5.74, 6) is 0.359. The predicted molar refractivity (Wildman–Crippen MR) is 132 cm³/mol. The molecule has 1 N–H and O–H groups in total. The van der Waals surface area contributed by atoms with Crippen LogP contribution in [0.25, 0.3) is 0 Å². The molecule has 0 aliphatic carbocycles. The molecular weight excluding hydrogens is 434 g/mol. The van der Waals surface area contributed by atoms with Crippen molar-refractivity contribution in [3.63, 3.8) is 0 Å². The maximum absolute atomic E-state index is 13.0. The van der Waals surface area contributed by atoms with Gasteiger partial charge in [0.2, 0.25) is 0 Å². The molecule has 1 aliphatic heterocycles. The van der Waals surface area contributed by atoms with E-state index in [9.17, 15) is 4.79 Å². The van der Waals surface area contributed by atoms with Crippen LogP contribution in [-0.2, 0) is 16.1 Å². The molecule has 7 heteroatoms. The van der Waals surface area contributed by atoms with E-state index in [2.05, 4.69) is 10.3 Å². The fraction of sp³-hybridized carbons (Fsp3) is 0.192. The monoisotopic (exact) mass is 459 g/mol. The molecule has 6 nitrogen and oxygen atoms in total. The Kier molecular flexibility index (Phi) is 7.00. The van der Waals surface area contributed by atoms with Gasteiger partial charge in [0, 0.05) is 29.3 Å². The minimum absolute atomic E-state index is 0.291. The van der Waals surface area contributed by atoms with Gasteiger partial charge < -0.3 is 14.8 Å². The molecule has 0 spiro atoms. The predicted octanol–water partition coefficient (Wildman–Crippen LogP) is 4.93. The van der Waals surface area contributed by atoms with Gasteiger partial charge in [0.05, 0.1) is 18.2 Å². The Labute approximate surface area is 198 Å². The molecule has 33 heavy (non-hydrogen) atoms. The SMILES string of the molecule is CCOC(=O)C1=C(C)N(c2ccccc2)C(=S)NC1c1ccc(OCc2cccnc2)cc1. The number of carbonyl (C=O) groups excluding carboxylic acids is 1. The Morgan fingerprint density at radius 1 is 1.09 bits per heavy atom. The number of pyridine rings is 1. The molecule has 2 heterocycles. The first kappa shape index (κ1) is 22.5.